The van der Waals surface area contributed by atoms with E-state index in [1.165, 1.54) is 30.6 Å². The van der Waals surface area contributed by atoms with Gasteiger partial charge in [-0.25, -0.2) is 9.59 Å². The molecule has 0 aliphatic carbocycles. The number of hydrogen-bond donors (Lipinski definition) is 0. The lowest BCUT2D eigenvalue weighted by Crippen LogP contribution is -2.07. The largest absolute Gasteiger partial charge is 0.493 e. The minimum atomic E-state index is -0.697. The van der Waals surface area contributed by atoms with E-state index < -0.39 is 11.9 Å². The van der Waals surface area contributed by atoms with Gasteiger partial charge in [0.2, 0.25) is 0 Å². The number of carbonyl (C=O) groups is 2. The number of nitrogens with zero attached hydrogens (tertiary/aromatic N) is 1. The van der Waals surface area contributed by atoms with Crippen LogP contribution in [0.5, 0.6) is 11.5 Å². The molecule has 0 aliphatic heterocycles. The van der Waals surface area contributed by atoms with Gasteiger partial charge in [0, 0.05) is 0 Å². The first kappa shape index (κ1) is 18.2. The SMILES string of the molecule is CCOC(=O)/C(C#N)=C\c1ccc(OC(=O)c2cccs2)c(OC)c1. The van der Waals surface area contributed by atoms with Crippen molar-refractivity contribution in [2.45, 2.75) is 6.92 Å². The fourth-order valence-electron chi connectivity index (χ4n) is 1.92. The summed E-state index contributed by atoms with van der Waals surface area (Å²) in [6, 6.07) is 9.93. The van der Waals surface area contributed by atoms with Crippen LogP contribution >= 0.6 is 11.3 Å². The summed E-state index contributed by atoms with van der Waals surface area (Å²) >= 11 is 1.27. The minimum absolute atomic E-state index is 0.132. The average molecular weight is 357 g/mol. The molecule has 0 radical (unpaired) electrons. The van der Waals surface area contributed by atoms with Crippen molar-refractivity contribution in [1.82, 2.24) is 0 Å². The average Bonchev–Trinajstić information content (AvgIpc) is 3.15. The molecule has 7 heteroatoms. The van der Waals surface area contributed by atoms with Gasteiger partial charge >= 0.3 is 11.9 Å². The maximum Gasteiger partial charge on any atom is 0.353 e. The van der Waals surface area contributed by atoms with Crippen LogP contribution in [0.1, 0.15) is 22.2 Å². The molecule has 0 atom stereocenters. The van der Waals surface area contributed by atoms with Gasteiger partial charge in [-0.3, -0.25) is 0 Å². The highest BCUT2D eigenvalue weighted by Crippen LogP contribution is 2.30. The molecule has 128 valence electrons. The van der Waals surface area contributed by atoms with Crippen LogP contribution in [0.15, 0.2) is 41.3 Å². The van der Waals surface area contributed by atoms with Crippen LogP contribution in [0.3, 0.4) is 0 Å². The van der Waals surface area contributed by atoms with Crippen LogP contribution in [0.4, 0.5) is 0 Å². The Morgan fingerprint density at radius 2 is 2.08 bits per heavy atom. The maximum atomic E-state index is 12.0. The number of ether oxygens (including phenoxy) is 3. The van der Waals surface area contributed by atoms with Gasteiger partial charge in [0.05, 0.1) is 13.7 Å². The molecule has 0 spiro atoms. The molecule has 2 rings (SSSR count). The number of rotatable bonds is 6. The number of benzene rings is 1. The van der Waals surface area contributed by atoms with Crippen LogP contribution in [-0.4, -0.2) is 25.7 Å². The lowest BCUT2D eigenvalue weighted by molar-refractivity contribution is -0.137. The third kappa shape index (κ3) is 4.68. The predicted molar refractivity (Wildman–Crippen MR) is 92.5 cm³/mol. The molecule has 1 heterocycles. The number of carbonyl (C=O) groups excluding carboxylic acids is 2. The first-order valence-electron chi connectivity index (χ1n) is 7.31. The maximum absolute atomic E-state index is 12.0. The summed E-state index contributed by atoms with van der Waals surface area (Å²) in [4.78, 5) is 24.2. The Balaban J connectivity index is 2.25. The molecule has 6 nitrogen and oxygen atoms in total. The van der Waals surface area contributed by atoms with Crippen LogP contribution in [-0.2, 0) is 9.53 Å². The van der Waals surface area contributed by atoms with Gasteiger partial charge in [-0.15, -0.1) is 11.3 Å². The molecule has 0 bridgehead atoms. The van der Waals surface area contributed by atoms with Crippen LogP contribution in [0.2, 0.25) is 0 Å². The molecule has 0 amide bonds. The van der Waals surface area contributed by atoms with Gasteiger partial charge in [0.1, 0.15) is 16.5 Å². The Labute approximate surface area is 148 Å². The van der Waals surface area contributed by atoms with E-state index in [0.717, 1.165) is 0 Å². The fraction of sp³-hybridized carbons (Fsp3) is 0.167. The van der Waals surface area contributed by atoms with E-state index in [1.54, 1.807) is 42.6 Å². The minimum Gasteiger partial charge on any atom is -0.493 e. The molecule has 1 aromatic heterocycles. The topological polar surface area (TPSA) is 85.6 Å². The van der Waals surface area contributed by atoms with Gasteiger partial charge in [-0.05, 0) is 42.1 Å². The van der Waals surface area contributed by atoms with Crippen molar-refractivity contribution >= 4 is 29.4 Å². The van der Waals surface area contributed by atoms with Crippen molar-refractivity contribution in [2.75, 3.05) is 13.7 Å². The van der Waals surface area contributed by atoms with E-state index in [1.807, 2.05) is 0 Å². The quantitative estimate of drug-likeness (QED) is 0.341. The van der Waals surface area contributed by atoms with Crippen molar-refractivity contribution in [3.8, 4) is 17.6 Å². The first-order valence-corrected chi connectivity index (χ1v) is 8.19. The number of thiophene rings is 1. The van der Waals surface area contributed by atoms with E-state index in [2.05, 4.69) is 0 Å². The van der Waals surface area contributed by atoms with E-state index >= 15 is 0 Å². The Kier molecular flexibility index (Phi) is 6.32. The molecular formula is C18H15NO5S. The molecule has 1 aromatic carbocycles. The summed E-state index contributed by atoms with van der Waals surface area (Å²) in [6.45, 7) is 1.84. The fourth-order valence-corrected chi connectivity index (χ4v) is 2.51. The molecule has 0 fully saturated rings. The van der Waals surface area contributed by atoms with E-state index in [4.69, 9.17) is 19.5 Å². The summed E-state index contributed by atoms with van der Waals surface area (Å²) in [6.07, 6.45) is 1.38. The summed E-state index contributed by atoms with van der Waals surface area (Å²) in [7, 11) is 1.43. The number of esters is 2. The second-order valence-electron chi connectivity index (χ2n) is 4.67. The van der Waals surface area contributed by atoms with Gasteiger partial charge in [0.15, 0.2) is 11.5 Å². The zero-order chi connectivity index (χ0) is 18.2. The van der Waals surface area contributed by atoms with Gasteiger partial charge < -0.3 is 14.2 Å². The first-order chi connectivity index (χ1) is 12.1. The third-order valence-electron chi connectivity index (χ3n) is 3.04. The van der Waals surface area contributed by atoms with Crippen LogP contribution in [0.25, 0.3) is 6.08 Å². The Morgan fingerprint density at radius 1 is 1.28 bits per heavy atom. The summed E-state index contributed by atoms with van der Waals surface area (Å²) < 4.78 is 15.4. The van der Waals surface area contributed by atoms with Crippen molar-refractivity contribution < 1.29 is 23.8 Å². The molecule has 0 saturated carbocycles. The second-order valence-corrected chi connectivity index (χ2v) is 5.62. The number of hydrogen-bond acceptors (Lipinski definition) is 7. The zero-order valence-electron chi connectivity index (χ0n) is 13.6. The standard InChI is InChI=1S/C18H15NO5S/c1-3-23-17(20)13(11-19)9-12-6-7-14(15(10-12)22-2)24-18(21)16-5-4-8-25-16/h4-10H,3H2,1-2H3/b13-9-. The van der Waals surface area contributed by atoms with E-state index in [9.17, 15) is 9.59 Å². The number of methoxy groups -OCH3 is 1. The Hall–Kier alpha value is -3.11. The van der Waals surface area contributed by atoms with E-state index in [-0.39, 0.29) is 17.9 Å². The smallest absolute Gasteiger partial charge is 0.353 e. The Bertz CT molecular complexity index is 834. The normalized spacial score (nSPS) is 10.7. The molecule has 25 heavy (non-hydrogen) atoms. The van der Waals surface area contributed by atoms with Crippen LogP contribution < -0.4 is 9.47 Å². The lowest BCUT2D eigenvalue weighted by Gasteiger charge is -2.09. The highest BCUT2D eigenvalue weighted by molar-refractivity contribution is 7.12. The van der Waals surface area contributed by atoms with E-state index in [0.29, 0.717) is 16.2 Å². The van der Waals surface area contributed by atoms with Gasteiger partial charge in [0.25, 0.3) is 0 Å². The zero-order valence-corrected chi connectivity index (χ0v) is 14.5. The molecule has 2 aromatic rings. The highest BCUT2D eigenvalue weighted by Gasteiger charge is 2.15. The monoisotopic (exact) mass is 357 g/mol. The Morgan fingerprint density at radius 3 is 2.68 bits per heavy atom. The second kappa shape index (κ2) is 8.66. The molecule has 0 saturated heterocycles. The van der Waals surface area contributed by atoms with Crippen molar-refractivity contribution in [3.05, 3.63) is 51.7 Å². The number of nitriles is 1. The van der Waals surface area contributed by atoms with Crippen molar-refractivity contribution in [3.63, 3.8) is 0 Å². The van der Waals surface area contributed by atoms with Crippen molar-refractivity contribution in [1.29, 1.82) is 5.26 Å². The molecular weight excluding hydrogens is 342 g/mol. The van der Waals surface area contributed by atoms with Crippen molar-refractivity contribution in [2.24, 2.45) is 0 Å². The molecule has 0 unspecified atom stereocenters. The summed E-state index contributed by atoms with van der Waals surface area (Å²) in [5.74, 6) is -0.634. The molecule has 0 N–H and O–H groups in total. The predicted octanol–water partition coefficient (Wildman–Crippen LogP) is 3.45. The third-order valence-corrected chi connectivity index (χ3v) is 3.89. The lowest BCUT2D eigenvalue weighted by atomic mass is 10.1. The highest BCUT2D eigenvalue weighted by atomic mass is 32.1. The summed E-state index contributed by atoms with van der Waals surface area (Å²) in [5.41, 5.74) is 0.407. The summed E-state index contributed by atoms with van der Waals surface area (Å²) in [5, 5.41) is 10.8. The van der Waals surface area contributed by atoms with Crippen LogP contribution in [0, 0.1) is 11.3 Å². The van der Waals surface area contributed by atoms with Gasteiger partial charge in [-0.2, -0.15) is 5.26 Å². The van der Waals surface area contributed by atoms with Gasteiger partial charge in [-0.1, -0.05) is 12.1 Å². The molecule has 0 aliphatic rings.